The number of nitrogens with two attached hydrogens (primary N) is 1. The smallest absolute Gasteiger partial charge is 0.255 e. The predicted octanol–water partition coefficient (Wildman–Crippen LogP) is 2.18. The zero-order valence-corrected chi connectivity index (χ0v) is 9.59. The lowest BCUT2D eigenvalue weighted by molar-refractivity contribution is 0.452. The van der Waals surface area contributed by atoms with Crippen LogP contribution in [0.4, 0.5) is 0 Å². The first kappa shape index (κ1) is 12.1. The summed E-state index contributed by atoms with van der Waals surface area (Å²) in [5, 5.41) is 9.53. The third kappa shape index (κ3) is 3.94. The molecular formula is C10H15N3OS. The molecule has 1 aromatic rings. The summed E-state index contributed by atoms with van der Waals surface area (Å²) in [5.74, 6) is 0.876. The van der Waals surface area contributed by atoms with E-state index < -0.39 is 5.54 Å². The normalized spacial score (nSPS) is 14.5. The minimum absolute atomic E-state index is 0.669. The summed E-state index contributed by atoms with van der Waals surface area (Å²) in [7, 11) is 0. The number of nitrogens with zero attached hydrogens (tertiary/aromatic N) is 2. The Morgan fingerprint density at radius 2 is 2.53 bits per heavy atom. The van der Waals surface area contributed by atoms with E-state index in [0.29, 0.717) is 18.1 Å². The molecule has 0 saturated heterocycles. The van der Waals surface area contributed by atoms with Crippen LogP contribution in [0.15, 0.2) is 22.1 Å². The lowest BCUT2D eigenvalue weighted by Gasteiger charge is -2.18. The molecule has 1 heterocycles. The topological polar surface area (TPSA) is 75.8 Å². The second-order valence-electron chi connectivity index (χ2n) is 3.37. The Morgan fingerprint density at radius 1 is 1.73 bits per heavy atom. The Bertz CT molecular complexity index is 320. The molecule has 5 heteroatoms. The van der Waals surface area contributed by atoms with Gasteiger partial charge in [0.15, 0.2) is 0 Å². The molecule has 1 aromatic heterocycles. The summed E-state index contributed by atoms with van der Waals surface area (Å²) in [6.45, 7) is 1.93. The number of aromatic nitrogens is 1. The van der Waals surface area contributed by atoms with Crippen molar-refractivity contribution < 1.29 is 4.42 Å². The van der Waals surface area contributed by atoms with E-state index in [0.717, 1.165) is 12.2 Å². The van der Waals surface area contributed by atoms with Gasteiger partial charge in [-0.25, -0.2) is 4.98 Å². The summed E-state index contributed by atoms with van der Waals surface area (Å²) in [6, 6.07) is 2.15. The molecule has 0 fully saturated rings. The second-order valence-corrected chi connectivity index (χ2v) is 4.42. The van der Waals surface area contributed by atoms with Crippen LogP contribution in [0.25, 0.3) is 0 Å². The van der Waals surface area contributed by atoms with Gasteiger partial charge in [-0.15, -0.1) is 0 Å². The van der Waals surface area contributed by atoms with Crippen molar-refractivity contribution in [2.24, 2.45) is 5.73 Å². The minimum atomic E-state index is -0.669. The van der Waals surface area contributed by atoms with Gasteiger partial charge < -0.3 is 10.2 Å². The Morgan fingerprint density at radius 3 is 3.07 bits per heavy atom. The Balaban J connectivity index is 2.20. The quantitative estimate of drug-likeness (QED) is 0.593. The van der Waals surface area contributed by atoms with Crippen LogP contribution in [0, 0.1) is 11.3 Å². The molecule has 0 amide bonds. The van der Waals surface area contributed by atoms with Gasteiger partial charge in [0.2, 0.25) is 0 Å². The first-order valence-electron chi connectivity index (χ1n) is 4.92. The Kier molecular flexibility index (Phi) is 4.66. The van der Waals surface area contributed by atoms with Gasteiger partial charge in [0.25, 0.3) is 5.22 Å². The summed E-state index contributed by atoms with van der Waals surface area (Å²) < 4.78 is 5.07. The highest BCUT2D eigenvalue weighted by Gasteiger charge is 2.20. The zero-order chi connectivity index (χ0) is 11.1. The van der Waals surface area contributed by atoms with Crippen LogP contribution in [-0.4, -0.2) is 16.3 Å². The van der Waals surface area contributed by atoms with Gasteiger partial charge >= 0.3 is 0 Å². The van der Waals surface area contributed by atoms with Crippen molar-refractivity contribution in [3.63, 3.8) is 0 Å². The van der Waals surface area contributed by atoms with Crippen molar-refractivity contribution in [3.05, 3.63) is 12.5 Å². The third-order valence-corrected chi connectivity index (χ3v) is 3.20. The van der Waals surface area contributed by atoms with Crippen LogP contribution in [0.1, 0.15) is 26.2 Å². The molecular weight excluding hydrogens is 210 g/mol. The van der Waals surface area contributed by atoms with E-state index in [4.69, 9.17) is 15.4 Å². The summed E-state index contributed by atoms with van der Waals surface area (Å²) >= 11 is 1.55. The van der Waals surface area contributed by atoms with Crippen LogP contribution in [0.2, 0.25) is 0 Å². The van der Waals surface area contributed by atoms with Crippen molar-refractivity contribution in [1.82, 2.24) is 4.98 Å². The highest BCUT2D eigenvalue weighted by Crippen LogP contribution is 2.19. The SMILES string of the molecule is CCC(N)(C#N)CCCSc1ncco1. The van der Waals surface area contributed by atoms with E-state index in [9.17, 15) is 0 Å². The van der Waals surface area contributed by atoms with E-state index in [1.165, 1.54) is 0 Å². The maximum absolute atomic E-state index is 8.86. The van der Waals surface area contributed by atoms with Gasteiger partial charge in [-0.05, 0) is 19.3 Å². The lowest BCUT2D eigenvalue weighted by atomic mass is 9.94. The van der Waals surface area contributed by atoms with Gasteiger partial charge in [-0.1, -0.05) is 18.7 Å². The molecule has 0 spiro atoms. The van der Waals surface area contributed by atoms with Crippen molar-refractivity contribution in [3.8, 4) is 6.07 Å². The fourth-order valence-electron chi connectivity index (χ4n) is 1.14. The maximum atomic E-state index is 8.86. The molecule has 0 bridgehead atoms. The van der Waals surface area contributed by atoms with E-state index in [-0.39, 0.29) is 0 Å². The number of oxazole rings is 1. The highest BCUT2D eigenvalue weighted by atomic mass is 32.2. The van der Waals surface area contributed by atoms with Crippen LogP contribution in [0.5, 0.6) is 0 Å². The molecule has 0 saturated carbocycles. The fraction of sp³-hybridized carbons (Fsp3) is 0.600. The number of rotatable bonds is 6. The van der Waals surface area contributed by atoms with E-state index >= 15 is 0 Å². The number of nitriles is 1. The summed E-state index contributed by atoms with van der Waals surface area (Å²) in [4.78, 5) is 3.99. The van der Waals surface area contributed by atoms with E-state index in [2.05, 4.69) is 11.1 Å². The molecule has 1 unspecified atom stereocenters. The maximum Gasteiger partial charge on any atom is 0.255 e. The summed E-state index contributed by atoms with van der Waals surface area (Å²) in [6.07, 6.45) is 5.47. The Labute approximate surface area is 93.9 Å². The monoisotopic (exact) mass is 225 g/mol. The van der Waals surface area contributed by atoms with E-state index in [1.54, 1.807) is 24.2 Å². The van der Waals surface area contributed by atoms with Gasteiger partial charge in [0.05, 0.1) is 12.3 Å². The molecule has 0 radical (unpaired) electrons. The number of hydrogen-bond acceptors (Lipinski definition) is 5. The minimum Gasteiger partial charge on any atom is -0.440 e. The van der Waals surface area contributed by atoms with Crippen molar-refractivity contribution >= 4 is 11.8 Å². The standard InChI is InChI=1S/C10H15N3OS/c1-2-10(12,8-11)4-3-7-15-9-13-5-6-14-9/h5-6H,2-4,7,12H2,1H3. The average Bonchev–Trinajstić information content (AvgIpc) is 2.77. The fourth-order valence-corrected chi connectivity index (χ4v) is 1.86. The third-order valence-electron chi connectivity index (χ3n) is 2.26. The molecule has 82 valence electrons. The largest absolute Gasteiger partial charge is 0.440 e. The predicted molar refractivity (Wildman–Crippen MR) is 59.3 cm³/mol. The average molecular weight is 225 g/mol. The lowest BCUT2D eigenvalue weighted by Crippen LogP contribution is -2.37. The van der Waals surface area contributed by atoms with E-state index in [1.807, 2.05) is 6.92 Å². The number of hydrogen-bond donors (Lipinski definition) is 1. The zero-order valence-electron chi connectivity index (χ0n) is 8.77. The molecule has 0 aliphatic carbocycles. The molecule has 1 atom stereocenters. The van der Waals surface area contributed by atoms with Gasteiger partial charge in [0.1, 0.15) is 11.8 Å². The van der Waals surface area contributed by atoms with Crippen molar-refractivity contribution in [1.29, 1.82) is 5.26 Å². The second kappa shape index (κ2) is 5.79. The first-order valence-corrected chi connectivity index (χ1v) is 5.91. The molecule has 0 aliphatic heterocycles. The molecule has 15 heavy (non-hydrogen) atoms. The van der Waals surface area contributed by atoms with Gasteiger partial charge in [-0.2, -0.15) is 5.26 Å². The first-order chi connectivity index (χ1) is 7.20. The molecule has 2 N–H and O–H groups in total. The van der Waals surface area contributed by atoms with Gasteiger partial charge in [0, 0.05) is 5.75 Å². The van der Waals surface area contributed by atoms with Crippen LogP contribution in [0.3, 0.4) is 0 Å². The van der Waals surface area contributed by atoms with Crippen LogP contribution >= 0.6 is 11.8 Å². The Hall–Kier alpha value is -0.990. The summed E-state index contributed by atoms with van der Waals surface area (Å²) in [5.41, 5.74) is 5.18. The van der Waals surface area contributed by atoms with Gasteiger partial charge in [-0.3, -0.25) is 0 Å². The van der Waals surface area contributed by atoms with Crippen LogP contribution < -0.4 is 5.73 Å². The molecule has 4 nitrogen and oxygen atoms in total. The van der Waals surface area contributed by atoms with Crippen molar-refractivity contribution in [2.75, 3.05) is 5.75 Å². The molecule has 1 rings (SSSR count). The van der Waals surface area contributed by atoms with Crippen LogP contribution in [-0.2, 0) is 0 Å². The number of thioether (sulfide) groups is 1. The molecule has 0 aliphatic rings. The highest BCUT2D eigenvalue weighted by molar-refractivity contribution is 7.99. The van der Waals surface area contributed by atoms with Crippen molar-refractivity contribution in [2.45, 2.75) is 36.9 Å². The molecule has 0 aromatic carbocycles.